The van der Waals surface area contributed by atoms with Crippen molar-refractivity contribution in [3.63, 3.8) is 0 Å². The van der Waals surface area contributed by atoms with Crippen molar-refractivity contribution in [2.45, 2.75) is 60.3 Å². The number of rotatable bonds is 15. The lowest BCUT2D eigenvalue weighted by Gasteiger charge is -2.20. The molecule has 0 aliphatic carbocycles. The highest BCUT2D eigenvalue weighted by atomic mass is 32.1. The second-order valence-corrected chi connectivity index (χ2v) is 12.8. The van der Waals surface area contributed by atoms with Gasteiger partial charge >= 0.3 is 5.97 Å². The minimum Gasteiger partial charge on any atom is -0.462 e. The molecule has 4 aromatic rings. The van der Waals surface area contributed by atoms with E-state index in [0.717, 1.165) is 45.6 Å². The van der Waals surface area contributed by atoms with Crippen molar-refractivity contribution < 1.29 is 9.53 Å². The summed E-state index contributed by atoms with van der Waals surface area (Å²) in [6.07, 6.45) is 4.53. The van der Waals surface area contributed by atoms with Gasteiger partial charge in [0.05, 0.1) is 28.2 Å². The number of nitrogens with zero attached hydrogens (tertiary/aromatic N) is 6. The van der Waals surface area contributed by atoms with Crippen LogP contribution >= 0.6 is 22.7 Å². The summed E-state index contributed by atoms with van der Waals surface area (Å²) in [6, 6.07) is 17.0. The van der Waals surface area contributed by atoms with Gasteiger partial charge in [0.15, 0.2) is 0 Å². The van der Waals surface area contributed by atoms with Gasteiger partial charge in [0.2, 0.25) is 5.13 Å². The molecule has 0 saturated heterocycles. The maximum Gasteiger partial charge on any atom is 0.338 e. The Morgan fingerprint density at radius 1 is 0.857 bits per heavy atom. The first-order chi connectivity index (χ1) is 20.3. The van der Waals surface area contributed by atoms with Crippen molar-refractivity contribution >= 4 is 65.4 Å². The summed E-state index contributed by atoms with van der Waals surface area (Å²) in [5.74, 6) is 0.988. The largest absolute Gasteiger partial charge is 0.462 e. The van der Waals surface area contributed by atoms with Crippen LogP contribution in [0.5, 0.6) is 0 Å². The van der Waals surface area contributed by atoms with Gasteiger partial charge in [0.25, 0.3) is 0 Å². The van der Waals surface area contributed by atoms with Gasteiger partial charge in [-0.25, -0.2) is 9.78 Å². The molecule has 2 aromatic heterocycles. The smallest absolute Gasteiger partial charge is 0.338 e. The normalized spacial score (nSPS) is 12.6. The third-order valence-electron chi connectivity index (χ3n) is 6.98. The Hall–Kier alpha value is -3.50. The Morgan fingerprint density at radius 2 is 1.52 bits per heavy atom. The summed E-state index contributed by atoms with van der Waals surface area (Å²) >= 11 is 2.92. The molecule has 1 unspecified atom stereocenters. The zero-order valence-electron chi connectivity index (χ0n) is 25.1. The van der Waals surface area contributed by atoms with E-state index in [4.69, 9.17) is 4.74 Å². The SMILES string of the molecule is CCN(CC)c1ccc(N=Nc2nc3sc(N=Nc4ccc(C(=O)OCCC(C)CCCC(C)C)cc4)cc3s2)cc1. The molecule has 0 amide bonds. The fourth-order valence-corrected chi connectivity index (χ4v) is 6.30. The third kappa shape index (κ3) is 9.25. The van der Waals surface area contributed by atoms with Crippen molar-refractivity contribution in [1.82, 2.24) is 4.98 Å². The monoisotopic (exact) mass is 604 g/mol. The van der Waals surface area contributed by atoms with E-state index in [9.17, 15) is 4.79 Å². The number of aromatic nitrogens is 1. The molecule has 0 N–H and O–H groups in total. The van der Waals surface area contributed by atoms with Gasteiger partial charge in [-0.05, 0) is 86.7 Å². The summed E-state index contributed by atoms with van der Waals surface area (Å²) in [6.45, 7) is 13.4. The molecule has 0 bridgehead atoms. The number of anilines is 1. The molecule has 4 rings (SSSR count). The number of carbonyl (C=O) groups excluding carboxylic acids is 1. The molecule has 1 atom stereocenters. The van der Waals surface area contributed by atoms with Crippen LogP contribution in [0, 0.1) is 11.8 Å². The first-order valence-corrected chi connectivity index (χ1v) is 16.3. The fraction of sp³-hybridized carbons (Fsp3) is 0.438. The van der Waals surface area contributed by atoms with Crippen LogP contribution < -0.4 is 4.90 Å². The number of carbonyl (C=O) groups is 1. The zero-order chi connectivity index (χ0) is 29.9. The molecule has 10 heteroatoms. The summed E-state index contributed by atoms with van der Waals surface area (Å²) in [7, 11) is 0. The summed E-state index contributed by atoms with van der Waals surface area (Å²) < 4.78 is 6.47. The summed E-state index contributed by atoms with van der Waals surface area (Å²) in [5, 5.41) is 18.7. The van der Waals surface area contributed by atoms with Crippen LogP contribution in [0.1, 0.15) is 70.7 Å². The van der Waals surface area contributed by atoms with Gasteiger partial charge in [0.1, 0.15) is 9.83 Å². The second kappa shape index (κ2) is 15.7. The molecule has 8 nitrogen and oxygen atoms in total. The number of thiazole rings is 1. The van der Waals surface area contributed by atoms with Crippen molar-refractivity contribution in [2.75, 3.05) is 24.6 Å². The van der Waals surface area contributed by atoms with Crippen molar-refractivity contribution in [1.29, 1.82) is 0 Å². The van der Waals surface area contributed by atoms with Crippen LogP contribution in [-0.2, 0) is 4.74 Å². The molecular formula is C32H40N6O2S2. The number of ether oxygens (including phenoxy) is 1. The summed E-state index contributed by atoms with van der Waals surface area (Å²) in [5.41, 5.74) is 3.15. The Bertz CT molecular complexity index is 1440. The van der Waals surface area contributed by atoms with Crippen molar-refractivity contribution in [2.24, 2.45) is 32.3 Å². The van der Waals surface area contributed by atoms with Crippen LogP contribution in [0.25, 0.3) is 9.53 Å². The van der Waals surface area contributed by atoms with E-state index in [0.29, 0.717) is 28.9 Å². The van der Waals surface area contributed by atoms with E-state index in [1.165, 1.54) is 47.6 Å². The van der Waals surface area contributed by atoms with Crippen LogP contribution in [0.15, 0.2) is 75.1 Å². The first kappa shape index (κ1) is 31.4. The van der Waals surface area contributed by atoms with Crippen LogP contribution in [0.2, 0.25) is 0 Å². The number of hydrogen-bond donors (Lipinski definition) is 0. The van der Waals surface area contributed by atoms with E-state index < -0.39 is 0 Å². The number of thiophene rings is 1. The highest BCUT2D eigenvalue weighted by Crippen LogP contribution is 2.39. The molecule has 2 heterocycles. The Kier molecular flexibility index (Phi) is 11.7. The lowest BCUT2D eigenvalue weighted by molar-refractivity contribution is 0.0483. The van der Waals surface area contributed by atoms with Crippen LogP contribution in [-0.4, -0.2) is 30.6 Å². The molecule has 0 saturated carbocycles. The minimum atomic E-state index is -0.304. The second-order valence-electron chi connectivity index (χ2n) is 10.7. The number of azo groups is 2. The van der Waals surface area contributed by atoms with Gasteiger partial charge < -0.3 is 9.64 Å². The fourth-order valence-electron chi connectivity index (χ4n) is 4.45. The van der Waals surface area contributed by atoms with E-state index in [1.807, 2.05) is 18.2 Å². The average Bonchev–Trinajstić information content (AvgIpc) is 3.55. The number of esters is 1. The van der Waals surface area contributed by atoms with Crippen LogP contribution in [0.4, 0.5) is 27.2 Å². The molecule has 0 radical (unpaired) electrons. The lowest BCUT2D eigenvalue weighted by atomic mass is 9.98. The quantitative estimate of drug-likeness (QED) is 0.0996. The van der Waals surface area contributed by atoms with Gasteiger partial charge in [-0.15, -0.1) is 20.5 Å². The zero-order valence-corrected chi connectivity index (χ0v) is 26.7. The average molecular weight is 605 g/mol. The predicted molar refractivity (Wildman–Crippen MR) is 175 cm³/mol. The molecule has 42 heavy (non-hydrogen) atoms. The number of benzene rings is 2. The molecule has 0 spiro atoms. The predicted octanol–water partition coefficient (Wildman–Crippen LogP) is 11.0. The van der Waals surface area contributed by atoms with E-state index >= 15 is 0 Å². The lowest BCUT2D eigenvalue weighted by Crippen LogP contribution is -2.21. The molecule has 0 aliphatic rings. The standard InChI is InChI=1S/C32H40N6O2S2/c1-6-38(7-2)27-17-15-26(16-18-27)35-37-32-33-30-28(41-32)21-29(42-30)36-34-25-13-11-24(12-14-25)31(39)40-20-19-23(5)10-8-9-22(3)4/h11-18,21-23H,6-10,19-20H2,1-5H3. The van der Waals surface area contributed by atoms with Gasteiger partial charge in [-0.2, -0.15) is 0 Å². The Labute approximate surface area is 256 Å². The Balaban J connectivity index is 1.26. The van der Waals surface area contributed by atoms with Crippen molar-refractivity contribution in [3.8, 4) is 0 Å². The molecule has 2 aromatic carbocycles. The molecule has 0 aliphatic heterocycles. The molecule has 0 fully saturated rings. The third-order valence-corrected chi connectivity index (χ3v) is 8.91. The topological polar surface area (TPSA) is 91.9 Å². The van der Waals surface area contributed by atoms with Crippen LogP contribution in [0.3, 0.4) is 0 Å². The Morgan fingerprint density at radius 3 is 2.17 bits per heavy atom. The highest BCUT2D eigenvalue weighted by Gasteiger charge is 2.11. The maximum atomic E-state index is 12.4. The van der Waals surface area contributed by atoms with Gasteiger partial charge in [-0.3, -0.25) is 0 Å². The van der Waals surface area contributed by atoms with Crippen molar-refractivity contribution in [3.05, 3.63) is 60.2 Å². The minimum absolute atomic E-state index is 0.304. The van der Waals surface area contributed by atoms with E-state index in [2.05, 4.69) is 77.1 Å². The van der Waals surface area contributed by atoms with E-state index in [1.54, 1.807) is 24.3 Å². The number of fused-ring (bicyclic) bond motifs is 1. The molecule has 222 valence electrons. The van der Waals surface area contributed by atoms with Gasteiger partial charge in [0, 0.05) is 18.8 Å². The summed E-state index contributed by atoms with van der Waals surface area (Å²) in [4.78, 5) is 20.1. The highest BCUT2D eigenvalue weighted by molar-refractivity contribution is 7.30. The molecular weight excluding hydrogens is 565 g/mol. The maximum absolute atomic E-state index is 12.4. The van der Waals surface area contributed by atoms with Gasteiger partial charge in [-0.1, -0.05) is 62.7 Å². The number of hydrogen-bond acceptors (Lipinski definition) is 10. The van der Waals surface area contributed by atoms with E-state index in [-0.39, 0.29) is 5.97 Å². The first-order valence-electron chi connectivity index (χ1n) is 14.7.